The lowest BCUT2D eigenvalue weighted by Gasteiger charge is -2.23. The number of carbonyl (C=O) groups excluding carboxylic acids is 1. The van der Waals surface area contributed by atoms with Crippen molar-refractivity contribution in [2.24, 2.45) is 0 Å². The summed E-state index contributed by atoms with van der Waals surface area (Å²) in [5.74, 6) is -0.641. The van der Waals surface area contributed by atoms with Gasteiger partial charge in [-0.05, 0) is 60.2 Å². The number of halogens is 4. The number of urea groups is 1. The van der Waals surface area contributed by atoms with Gasteiger partial charge >= 0.3 is 22.3 Å². The van der Waals surface area contributed by atoms with Gasteiger partial charge in [-0.25, -0.2) is 9.18 Å². The Kier molecular flexibility index (Phi) is 8.53. The maximum absolute atomic E-state index is 13.1. The molecule has 0 atom stereocenters. The maximum atomic E-state index is 13.1. The van der Waals surface area contributed by atoms with Crippen molar-refractivity contribution in [3.05, 3.63) is 89.7 Å². The van der Waals surface area contributed by atoms with Gasteiger partial charge in [-0.15, -0.1) is 0 Å². The molecule has 0 aliphatic carbocycles. The zero-order valence-electron chi connectivity index (χ0n) is 19.0. The van der Waals surface area contributed by atoms with Crippen molar-refractivity contribution in [1.29, 1.82) is 0 Å². The van der Waals surface area contributed by atoms with Crippen LogP contribution in [0, 0.1) is 5.82 Å². The zero-order chi connectivity index (χ0) is 26.3. The molecule has 3 aromatic carbocycles. The van der Waals surface area contributed by atoms with Crippen LogP contribution < -0.4 is 9.50 Å². The lowest BCUT2D eigenvalue weighted by atomic mass is 10.2. The minimum Gasteiger partial charge on any atom is -0.383 e. The van der Waals surface area contributed by atoms with Crippen LogP contribution in [0.15, 0.2) is 77.7 Å². The van der Waals surface area contributed by atoms with Gasteiger partial charge in [0.2, 0.25) is 0 Å². The summed E-state index contributed by atoms with van der Waals surface area (Å²) in [6, 6.07) is 13.6. The highest BCUT2D eigenvalue weighted by molar-refractivity contribution is 7.87. The van der Waals surface area contributed by atoms with E-state index in [2.05, 4.69) is 5.32 Å². The van der Waals surface area contributed by atoms with E-state index in [-0.39, 0.29) is 36.0 Å². The van der Waals surface area contributed by atoms with Crippen LogP contribution >= 0.6 is 0 Å². The van der Waals surface area contributed by atoms with E-state index in [0.717, 1.165) is 36.4 Å². The summed E-state index contributed by atoms with van der Waals surface area (Å²) in [6.07, 6.45) is -4.56. The lowest BCUT2D eigenvalue weighted by Crippen LogP contribution is -2.36. The molecule has 0 unspecified atom stereocenters. The molecule has 0 saturated carbocycles. The van der Waals surface area contributed by atoms with Crippen molar-refractivity contribution in [2.75, 3.05) is 25.6 Å². The van der Waals surface area contributed by atoms with E-state index in [1.807, 2.05) is 0 Å². The number of hydrogen-bond acceptors (Lipinski definition) is 5. The molecule has 192 valence electrons. The molecule has 0 radical (unpaired) electrons. The number of nitrogens with one attached hydrogen (secondary N) is 1. The normalized spacial score (nSPS) is 11.7. The van der Waals surface area contributed by atoms with Crippen LogP contribution in [0.4, 0.5) is 28.0 Å². The van der Waals surface area contributed by atoms with Crippen molar-refractivity contribution in [3.8, 4) is 5.75 Å². The molecule has 0 bridgehead atoms. The minimum absolute atomic E-state index is 0.0258. The molecule has 0 aliphatic heterocycles. The highest BCUT2D eigenvalue weighted by Gasteiger charge is 2.30. The van der Waals surface area contributed by atoms with Crippen molar-refractivity contribution in [1.82, 2.24) is 4.90 Å². The first kappa shape index (κ1) is 27.0. The van der Waals surface area contributed by atoms with E-state index >= 15 is 0 Å². The summed E-state index contributed by atoms with van der Waals surface area (Å²) in [4.78, 5) is 13.9. The van der Waals surface area contributed by atoms with Crippen LogP contribution in [-0.4, -0.2) is 39.6 Å². The summed E-state index contributed by atoms with van der Waals surface area (Å²) in [7, 11) is -2.81. The second kappa shape index (κ2) is 11.4. The second-order valence-corrected chi connectivity index (χ2v) is 9.11. The fraction of sp³-hybridized carbons (Fsp3) is 0.208. The van der Waals surface area contributed by atoms with Crippen molar-refractivity contribution >= 4 is 21.8 Å². The molecule has 0 heterocycles. The molecule has 2 amide bonds. The van der Waals surface area contributed by atoms with E-state index in [9.17, 15) is 30.8 Å². The van der Waals surface area contributed by atoms with E-state index in [1.54, 1.807) is 6.07 Å². The molecule has 3 aromatic rings. The molecule has 0 saturated heterocycles. The van der Waals surface area contributed by atoms with Crippen LogP contribution in [0.25, 0.3) is 0 Å². The number of hydrogen-bond donors (Lipinski definition) is 1. The molecular formula is C24H22F4N2O5S. The first-order valence-corrected chi connectivity index (χ1v) is 11.9. The number of nitrogens with zero attached hydrogens (tertiary/aromatic N) is 1. The predicted octanol–water partition coefficient (Wildman–Crippen LogP) is 5.29. The van der Waals surface area contributed by atoms with E-state index in [4.69, 9.17) is 8.92 Å². The SMILES string of the molecule is COCCN(Cc1cccc(OS(=O)(=O)c2ccc(F)cc2)c1)C(=O)Nc1cccc(C(F)(F)F)c1. The van der Waals surface area contributed by atoms with Gasteiger partial charge in [-0.3, -0.25) is 0 Å². The maximum Gasteiger partial charge on any atom is 0.416 e. The Balaban J connectivity index is 1.76. The van der Waals surface area contributed by atoms with Gasteiger partial charge < -0.3 is 19.1 Å². The molecular weight excluding hydrogens is 504 g/mol. The van der Waals surface area contributed by atoms with E-state index < -0.39 is 33.7 Å². The number of rotatable bonds is 9. The first-order valence-electron chi connectivity index (χ1n) is 10.5. The minimum atomic E-state index is -4.56. The zero-order valence-corrected chi connectivity index (χ0v) is 19.8. The Morgan fingerprint density at radius 1 is 1.00 bits per heavy atom. The number of carbonyl (C=O) groups is 1. The van der Waals surface area contributed by atoms with Crippen molar-refractivity contribution < 1.29 is 39.7 Å². The molecule has 0 spiro atoms. The summed E-state index contributed by atoms with van der Waals surface area (Å²) >= 11 is 0. The summed E-state index contributed by atoms with van der Waals surface area (Å²) < 4.78 is 87.2. The lowest BCUT2D eigenvalue weighted by molar-refractivity contribution is -0.137. The number of anilines is 1. The largest absolute Gasteiger partial charge is 0.416 e. The van der Waals surface area contributed by atoms with Gasteiger partial charge in [-0.1, -0.05) is 18.2 Å². The predicted molar refractivity (Wildman–Crippen MR) is 123 cm³/mol. The second-order valence-electron chi connectivity index (χ2n) is 7.56. The van der Waals surface area contributed by atoms with Gasteiger partial charge in [0.25, 0.3) is 0 Å². The third-order valence-corrected chi connectivity index (χ3v) is 6.14. The topological polar surface area (TPSA) is 84.9 Å². The van der Waals surface area contributed by atoms with Gasteiger partial charge in [0, 0.05) is 25.9 Å². The Hall–Kier alpha value is -3.64. The standard InChI is InChI=1S/C24H22F4N2O5S/c1-34-13-12-30(23(31)29-20-6-3-5-18(15-20)24(26,27)28)16-17-4-2-7-21(14-17)35-36(32,33)22-10-8-19(25)9-11-22/h2-11,14-15H,12-13,16H2,1H3,(H,29,31). The number of ether oxygens (including phenoxy) is 1. The number of benzene rings is 3. The van der Waals surface area contributed by atoms with Gasteiger partial charge in [0.05, 0.1) is 12.2 Å². The summed E-state index contributed by atoms with van der Waals surface area (Å²) in [6.45, 7) is 0.216. The van der Waals surface area contributed by atoms with Crippen molar-refractivity contribution in [3.63, 3.8) is 0 Å². The van der Waals surface area contributed by atoms with Crippen LogP contribution in [0.3, 0.4) is 0 Å². The summed E-state index contributed by atoms with van der Waals surface area (Å²) in [5.41, 5.74) is -0.465. The smallest absolute Gasteiger partial charge is 0.383 e. The van der Waals surface area contributed by atoms with Crippen LogP contribution in [0.2, 0.25) is 0 Å². The monoisotopic (exact) mass is 526 g/mol. The van der Waals surface area contributed by atoms with Gasteiger partial charge in [0.1, 0.15) is 16.5 Å². The fourth-order valence-electron chi connectivity index (χ4n) is 3.12. The fourth-order valence-corrected chi connectivity index (χ4v) is 4.04. The molecule has 7 nitrogen and oxygen atoms in total. The average molecular weight is 527 g/mol. The number of methoxy groups -OCH3 is 1. The Morgan fingerprint density at radius 2 is 1.69 bits per heavy atom. The van der Waals surface area contributed by atoms with Crippen LogP contribution in [0.5, 0.6) is 5.75 Å². The van der Waals surface area contributed by atoms with Crippen LogP contribution in [-0.2, 0) is 27.6 Å². The molecule has 36 heavy (non-hydrogen) atoms. The van der Waals surface area contributed by atoms with E-state index in [1.165, 1.54) is 42.3 Å². The van der Waals surface area contributed by atoms with Gasteiger partial charge in [-0.2, -0.15) is 21.6 Å². The Bertz CT molecular complexity index is 1300. The van der Waals surface area contributed by atoms with Crippen LogP contribution in [0.1, 0.15) is 11.1 Å². The van der Waals surface area contributed by atoms with E-state index in [0.29, 0.717) is 5.56 Å². The average Bonchev–Trinajstić information content (AvgIpc) is 2.81. The molecule has 0 fully saturated rings. The van der Waals surface area contributed by atoms with Gasteiger partial charge in [0.15, 0.2) is 0 Å². The quantitative estimate of drug-likeness (QED) is 0.303. The Labute approximate surface area is 205 Å². The van der Waals surface area contributed by atoms with Crippen molar-refractivity contribution in [2.45, 2.75) is 17.6 Å². The highest BCUT2D eigenvalue weighted by atomic mass is 32.2. The third kappa shape index (κ3) is 7.43. The highest BCUT2D eigenvalue weighted by Crippen LogP contribution is 2.30. The first-order chi connectivity index (χ1) is 17.0. The molecule has 0 aliphatic rings. The number of alkyl halides is 3. The molecule has 12 heteroatoms. The molecule has 3 rings (SSSR count). The number of amides is 2. The molecule has 1 N–H and O–H groups in total. The third-order valence-electron chi connectivity index (χ3n) is 4.87. The summed E-state index contributed by atoms with van der Waals surface area (Å²) in [5, 5.41) is 2.44. The Morgan fingerprint density at radius 3 is 2.36 bits per heavy atom. The molecule has 0 aromatic heterocycles.